The zero-order valence-electron chi connectivity index (χ0n) is 12.1. The number of hydrogen-bond donors (Lipinski definition) is 1. The van der Waals surface area contributed by atoms with E-state index in [0.717, 1.165) is 11.1 Å². The minimum absolute atomic E-state index is 0.421. The van der Waals surface area contributed by atoms with Crippen molar-refractivity contribution >= 4 is 36.1 Å². The van der Waals surface area contributed by atoms with Crippen LogP contribution < -0.4 is 0 Å². The van der Waals surface area contributed by atoms with Gasteiger partial charge in [-0.3, -0.25) is 0 Å². The first-order valence-electron chi connectivity index (χ1n) is 6.93. The van der Waals surface area contributed by atoms with Crippen LogP contribution in [0.5, 0.6) is 0 Å². The van der Waals surface area contributed by atoms with Crippen molar-refractivity contribution in [2.75, 3.05) is 0 Å². The lowest BCUT2D eigenvalue weighted by molar-refractivity contribution is 0.872. The van der Waals surface area contributed by atoms with Gasteiger partial charge in [0, 0.05) is 16.8 Å². The van der Waals surface area contributed by atoms with Crippen LogP contribution in [-0.4, -0.2) is 21.1 Å². The molecule has 0 spiro atoms. The van der Waals surface area contributed by atoms with Gasteiger partial charge < -0.3 is 0 Å². The van der Waals surface area contributed by atoms with E-state index in [0.29, 0.717) is 15.6 Å². The molecule has 3 rings (SSSR count). The molecular formula is C17H13ClN4S. The van der Waals surface area contributed by atoms with Crippen LogP contribution in [0.1, 0.15) is 5.56 Å². The van der Waals surface area contributed by atoms with E-state index >= 15 is 0 Å². The summed E-state index contributed by atoms with van der Waals surface area (Å²) < 4.78 is 1.99. The van der Waals surface area contributed by atoms with Gasteiger partial charge in [0.1, 0.15) is 0 Å². The molecule has 23 heavy (non-hydrogen) atoms. The number of rotatable bonds is 4. The van der Waals surface area contributed by atoms with E-state index in [9.17, 15) is 0 Å². The maximum atomic E-state index is 6.03. The summed E-state index contributed by atoms with van der Waals surface area (Å²) in [5.41, 5.74) is 1.94. The average Bonchev–Trinajstić information content (AvgIpc) is 2.93. The number of halogens is 1. The fraction of sp³-hybridized carbons (Fsp3) is 0. The average molecular weight is 341 g/mol. The van der Waals surface area contributed by atoms with E-state index in [1.165, 1.54) is 0 Å². The summed E-state index contributed by atoms with van der Waals surface area (Å²) in [7, 11) is 0. The second kappa shape index (κ2) is 7.17. The maximum Gasteiger partial charge on any atom is 0.216 e. The zero-order valence-corrected chi connectivity index (χ0v) is 13.6. The molecule has 1 heterocycles. The van der Waals surface area contributed by atoms with E-state index in [1.54, 1.807) is 10.9 Å². The van der Waals surface area contributed by atoms with Crippen LogP contribution in [0.25, 0.3) is 17.5 Å². The molecule has 0 aliphatic rings. The van der Waals surface area contributed by atoms with Gasteiger partial charge in [0.2, 0.25) is 4.77 Å². The Morgan fingerprint density at radius 3 is 2.74 bits per heavy atom. The van der Waals surface area contributed by atoms with Crippen LogP contribution in [-0.2, 0) is 0 Å². The molecule has 0 saturated carbocycles. The Morgan fingerprint density at radius 1 is 1.13 bits per heavy atom. The summed E-state index contributed by atoms with van der Waals surface area (Å²) in [6.45, 7) is 0. The fourth-order valence-electron chi connectivity index (χ4n) is 2.04. The van der Waals surface area contributed by atoms with Crippen molar-refractivity contribution in [2.24, 2.45) is 5.10 Å². The highest BCUT2D eigenvalue weighted by Crippen LogP contribution is 2.20. The minimum Gasteiger partial charge on any atom is -0.250 e. The Bertz CT molecular complexity index is 910. The lowest BCUT2D eigenvalue weighted by Gasteiger charge is -2.00. The van der Waals surface area contributed by atoms with Crippen molar-refractivity contribution in [3.63, 3.8) is 0 Å². The molecule has 0 fully saturated rings. The number of benzene rings is 2. The maximum absolute atomic E-state index is 6.03. The van der Waals surface area contributed by atoms with Crippen molar-refractivity contribution in [2.45, 2.75) is 0 Å². The third-order valence-corrected chi connectivity index (χ3v) is 3.59. The number of hydrogen-bond acceptors (Lipinski definition) is 3. The van der Waals surface area contributed by atoms with Gasteiger partial charge in [-0.15, -0.1) is 0 Å². The molecule has 1 aromatic heterocycles. The summed E-state index contributed by atoms with van der Waals surface area (Å²) in [5, 5.41) is 11.9. The first-order valence-corrected chi connectivity index (χ1v) is 7.72. The Hall–Kier alpha value is -2.50. The molecule has 0 atom stereocenters. The number of aromatic nitrogens is 3. The quantitative estimate of drug-likeness (QED) is 0.547. The monoisotopic (exact) mass is 340 g/mol. The van der Waals surface area contributed by atoms with Gasteiger partial charge in [-0.05, 0) is 36.0 Å². The summed E-state index contributed by atoms with van der Waals surface area (Å²) >= 11 is 11.2. The summed E-state index contributed by atoms with van der Waals surface area (Å²) in [5.74, 6) is 0.613. The van der Waals surface area contributed by atoms with Gasteiger partial charge in [0.25, 0.3) is 0 Å². The molecule has 0 bridgehead atoms. The van der Waals surface area contributed by atoms with Crippen LogP contribution >= 0.6 is 23.8 Å². The zero-order chi connectivity index (χ0) is 16.1. The Balaban J connectivity index is 1.86. The molecular weight excluding hydrogens is 328 g/mol. The summed E-state index contributed by atoms with van der Waals surface area (Å²) in [4.78, 5) is 0. The number of allylic oxidation sites excluding steroid dienone is 1. The molecule has 0 amide bonds. The molecule has 0 radical (unpaired) electrons. The summed E-state index contributed by atoms with van der Waals surface area (Å²) in [6.07, 6.45) is 5.49. The molecule has 2 aromatic carbocycles. The molecule has 1 N–H and O–H groups in total. The van der Waals surface area contributed by atoms with Gasteiger partial charge >= 0.3 is 0 Å². The van der Waals surface area contributed by atoms with Crippen LogP contribution in [0.4, 0.5) is 0 Å². The SMILES string of the molecule is S=c1[nH]nc(-c2cccc(Cl)c2)n1/N=C/C=C/c1ccccc1. The standard InChI is InChI=1S/C17H13ClN4S/c18-15-10-4-9-14(12-15)16-20-21-17(23)22(16)19-11-5-8-13-6-2-1-3-7-13/h1-12H,(H,21,23)/b8-5+,19-11+. The molecule has 0 aliphatic carbocycles. The second-order valence-corrected chi connectivity index (χ2v) is 5.53. The van der Waals surface area contributed by atoms with Crippen molar-refractivity contribution in [1.29, 1.82) is 0 Å². The van der Waals surface area contributed by atoms with Crippen LogP contribution in [0.15, 0.2) is 65.8 Å². The lowest BCUT2D eigenvalue weighted by Crippen LogP contribution is -1.93. The normalized spacial score (nSPS) is 11.5. The van der Waals surface area contributed by atoms with E-state index in [2.05, 4.69) is 15.3 Å². The van der Waals surface area contributed by atoms with Crippen molar-refractivity contribution in [1.82, 2.24) is 14.9 Å². The van der Waals surface area contributed by atoms with E-state index in [1.807, 2.05) is 66.7 Å². The van der Waals surface area contributed by atoms with Crippen LogP contribution in [0, 0.1) is 4.77 Å². The molecule has 0 saturated heterocycles. The third-order valence-electron chi connectivity index (χ3n) is 3.09. The minimum atomic E-state index is 0.421. The number of aromatic amines is 1. The Kier molecular flexibility index (Phi) is 4.80. The number of H-pyrrole nitrogens is 1. The van der Waals surface area contributed by atoms with E-state index < -0.39 is 0 Å². The van der Waals surface area contributed by atoms with Crippen molar-refractivity contribution in [3.8, 4) is 11.4 Å². The molecule has 6 heteroatoms. The third kappa shape index (κ3) is 3.83. The molecule has 114 valence electrons. The summed E-state index contributed by atoms with van der Waals surface area (Å²) in [6, 6.07) is 17.4. The predicted molar refractivity (Wildman–Crippen MR) is 97.2 cm³/mol. The highest BCUT2D eigenvalue weighted by molar-refractivity contribution is 7.71. The van der Waals surface area contributed by atoms with Gasteiger partial charge in [-0.2, -0.15) is 14.9 Å². The van der Waals surface area contributed by atoms with Crippen molar-refractivity contribution in [3.05, 3.63) is 76.0 Å². The Morgan fingerprint density at radius 2 is 1.96 bits per heavy atom. The van der Waals surface area contributed by atoms with Gasteiger partial charge in [-0.25, -0.2) is 5.10 Å². The number of nitrogens with one attached hydrogen (secondary N) is 1. The predicted octanol–water partition coefficient (Wildman–Crippen LogP) is 4.81. The smallest absolute Gasteiger partial charge is 0.216 e. The highest BCUT2D eigenvalue weighted by Gasteiger charge is 2.07. The molecule has 3 aromatic rings. The fourth-order valence-corrected chi connectivity index (χ4v) is 2.41. The highest BCUT2D eigenvalue weighted by atomic mass is 35.5. The topological polar surface area (TPSA) is 46.0 Å². The van der Waals surface area contributed by atoms with Crippen molar-refractivity contribution < 1.29 is 0 Å². The van der Waals surface area contributed by atoms with Gasteiger partial charge in [0.15, 0.2) is 5.82 Å². The largest absolute Gasteiger partial charge is 0.250 e. The second-order valence-electron chi connectivity index (χ2n) is 4.71. The molecule has 4 nitrogen and oxygen atoms in total. The Labute approximate surface area is 143 Å². The molecule has 0 unspecified atom stereocenters. The first-order chi connectivity index (χ1) is 11.2. The number of nitrogens with zero attached hydrogens (tertiary/aromatic N) is 3. The van der Waals surface area contributed by atoms with Crippen LogP contribution in [0.3, 0.4) is 0 Å². The lowest BCUT2D eigenvalue weighted by atomic mass is 10.2. The molecule has 0 aliphatic heterocycles. The van der Waals surface area contributed by atoms with E-state index in [4.69, 9.17) is 23.8 Å². The van der Waals surface area contributed by atoms with Gasteiger partial charge in [0.05, 0.1) is 0 Å². The first kappa shape index (κ1) is 15.4. The van der Waals surface area contributed by atoms with E-state index in [-0.39, 0.29) is 0 Å². The van der Waals surface area contributed by atoms with Crippen LogP contribution in [0.2, 0.25) is 5.02 Å². The van der Waals surface area contributed by atoms with Gasteiger partial charge in [-0.1, -0.05) is 60.1 Å².